The van der Waals surface area contributed by atoms with Crippen molar-refractivity contribution in [2.45, 2.75) is 6.42 Å². The van der Waals surface area contributed by atoms with Crippen LogP contribution >= 0.6 is 0 Å². The zero-order chi connectivity index (χ0) is 17.8. The Morgan fingerprint density at radius 2 is 1.81 bits per heavy atom. The van der Waals surface area contributed by atoms with E-state index < -0.39 is 0 Å². The number of nitrogens with one attached hydrogen (secondary N) is 3. The number of anilines is 2. The van der Waals surface area contributed by atoms with Crippen molar-refractivity contribution < 1.29 is 14.3 Å². The highest BCUT2D eigenvalue weighted by Gasteiger charge is 2.14. The average Bonchev–Trinajstić information content (AvgIpc) is 2.98. The minimum Gasteiger partial charge on any atom is -0.490 e. The highest BCUT2D eigenvalue weighted by Crippen LogP contribution is 2.32. The van der Waals surface area contributed by atoms with Crippen molar-refractivity contribution in [1.82, 2.24) is 10.2 Å². The third kappa shape index (κ3) is 3.46. The topological polar surface area (TPSA) is 88.3 Å². The van der Waals surface area contributed by atoms with Crippen LogP contribution in [0.2, 0.25) is 0 Å². The first-order valence-electron chi connectivity index (χ1n) is 8.36. The lowest BCUT2D eigenvalue weighted by Crippen LogP contribution is -2.19. The van der Waals surface area contributed by atoms with Crippen LogP contribution in [0, 0.1) is 0 Å². The van der Waals surface area contributed by atoms with E-state index in [-0.39, 0.29) is 6.03 Å². The zero-order valence-corrected chi connectivity index (χ0v) is 14.0. The van der Waals surface area contributed by atoms with Gasteiger partial charge in [-0.3, -0.25) is 5.10 Å². The number of nitrogens with zero attached hydrogens (tertiary/aromatic N) is 1. The SMILES string of the molecule is O=C(Nc1ccc2c(c1)OCCCO2)Nc1cn[nH]c1-c1ccccc1. The highest BCUT2D eigenvalue weighted by atomic mass is 16.5. The molecule has 0 fully saturated rings. The maximum atomic E-state index is 12.4. The van der Waals surface area contributed by atoms with Crippen molar-refractivity contribution in [3.63, 3.8) is 0 Å². The van der Waals surface area contributed by atoms with Gasteiger partial charge in [-0.1, -0.05) is 30.3 Å². The third-order valence-electron chi connectivity index (χ3n) is 3.96. The second-order valence-corrected chi connectivity index (χ2v) is 5.82. The summed E-state index contributed by atoms with van der Waals surface area (Å²) in [5.74, 6) is 1.32. The van der Waals surface area contributed by atoms with E-state index in [0.717, 1.165) is 17.7 Å². The fraction of sp³-hybridized carbons (Fsp3) is 0.158. The van der Waals surface area contributed by atoms with Crippen molar-refractivity contribution >= 4 is 17.4 Å². The number of ether oxygens (including phenoxy) is 2. The first-order valence-corrected chi connectivity index (χ1v) is 8.36. The number of aromatic nitrogens is 2. The molecule has 1 aliphatic rings. The molecule has 3 aromatic rings. The lowest BCUT2D eigenvalue weighted by atomic mass is 10.1. The zero-order valence-electron chi connectivity index (χ0n) is 14.0. The van der Waals surface area contributed by atoms with E-state index in [2.05, 4.69) is 20.8 Å². The first kappa shape index (κ1) is 16.0. The van der Waals surface area contributed by atoms with E-state index in [9.17, 15) is 4.79 Å². The number of H-pyrrole nitrogens is 1. The largest absolute Gasteiger partial charge is 0.490 e. The summed E-state index contributed by atoms with van der Waals surface area (Å²) < 4.78 is 11.2. The molecule has 0 bridgehead atoms. The summed E-state index contributed by atoms with van der Waals surface area (Å²) >= 11 is 0. The minimum atomic E-state index is -0.363. The molecule has 132 valence electrons. The number of fused-ring (bicyclic) bond motifs is 1. The van der Waals surface area contributed by atoms with Gasteiger partial charge in [-0.25, -0.2) is 4.79 Å². The number of hydrogen-bond donors (Lipinski definition) is 3. The summed E-state index contributed by atoms with van der Waals surface area (Å²) in [7, 11) is 0. The van der Waals surface area contributed by atoms with Crippen LogP contribution < -0.4 is 20.1 Å². The molecule has 0 saturated carbocycles. The van der Waals surface area contributed by atoms with Gasteiger partial charge in [-0.2, -0.15) is 5.10 Å². The molecule has 3 N–H and O–H groups in total. The Hall–Kier alpha value is -3.48. The molecular formula is C19H18N4O3. The molecule has 2 heterocycles. The minimum absolute atomic E-state index is 0.363. The molecule has 0 spiro atoms. The third-order valence-corrected chi connectivity index (χ3v) is 3.96. The standard InChI is InChI=1S/C19H18N4O3/c24-19(21-14-7-8-16-17(11-14)26-10-4-9-25-16)22-15-12-20-23-18(15)13-5-2-1-3-6-13/h1-3,5-8,11-12H,4,9-10H2,(H,20,23)(H2,21,22,24). The van der Waals surface area contributed by atoms with Crippen molar-refractivity contribution in [3.05, 3.63) is 54.7 Å². The van der Waals surface area contributed by atoms with Gasteiger partial charge in [0, 0.05) is 23.7 Å². The van der Waals surface area contributed by atoms with Crippen LogP contribution in [0.25, 0.3) is 11.3 Å². The molecular weight excluding hydrogens is 332 g/mol. The van der Waals surface area contributed by atoms with Crippen LogP contribution in [-0.4, -0.2) is 29.4 Å². The Kier molecular flexibility index (Phi) is 4.42. The van der Waals surface area contributed by atoms with E-state index in [1.807, 2.05) is 30.3 Å². The van der Waals surface area contributed by atoms with Gasteiger partial charge < -0.3 is 20.1 Å². The first-order chi connectivity index (χ1) is 12.8. The Morgan fingerprint density at radius 3 is 2.65 bits per heavy atom. The molecule has 26 heavy (non-hydrogen) atoms. The average molecular weight is 350 g/mol. The van der Waals surface area contributed by atoms with E-state index in [0.29, 0.717) is 36.1 Å². The Labute approximate surface area is 150 Å². The molecule has 7 nitrogen and oxygen atoms in total. The van der Waals surface area contributed by atoms with Gasteiger partial charge in [0.2, 0.25) is 0 Å². The molecule has 7 heteroatoms. The number of carbonyl (C=O) groups excluding carboxylic acids is 1. The summed E-state index contributed by atoms with van der Waals surface area (Å²) in [4.78, 5) is 12.4. The molecule has 4 rings (SSSR count). The molecule has 0 unspecified atom stereocenters. The summed E-state index contributed by atoms with van der Waals surface area (Å²) in [6.45, 7) is 1.22. The molecule has 1 aromatic heterocycles. The summed E-state index contributed by atoms with van der Waals surface area (Å²) in [6, 6.07) is 14.6. The van der Waals surface area contributed by atoms with Gasteiger partial charge in [-0.15, -0.1) is 0 Å². The van der Waals surface area contributed by atoms with Crippen LogP contribution in [0.3, 0.4) is 0 Å². The molecule has 0 radical (unpaired) electrons. The van der Waals surface area contributed by atoms with E-state index in [4.69, 9.17) is 9.47 Å². The second kappa shape index (κ2) is 7.18. The fourth-order valence-corrected chi connectivity index (χ4v) is 2.73. The molecule has 0 aliphatic carbocycles. The number of urea groups is 1. The summed E-state index contributed by atoms with van der Waals surface area (Å²) in [5, 5.41) is 12.5. The summed E-state index contributed by atoms with van der Waals surface area (Å²) in [6.07, 6.45) is 2.41. The Bertz CT molecular complexity index is 908. The lowest BCUT2D eigenvalue weighted by Gasteiger charge is -2.11. The number of carbonyl (C=O) groups is 1. The Morgan fingerprint density at radius 1 is 1.00 bits per heavy atom. The molecule has 2 aromatic carbocycles. The fourth-order valence-electron chi connectivity index (χ4n) is 2.73. The van der Waals surface area contributed by atoms with Crippen molar-refractivity contribution in [3.8, 4) is 22.8 Å². The Balaban J connectivity index is 1.47. The molecule has 0 saturated heterocycles. The molecule has 0 atom stereocenters. The van der Waals surface area contributed by atoms with Gasteiger partial charge in [0.25, 0.3) is 0 Å². The predicted octanol–water partition coefficient (Wildman–Crippen LogP) is 3.88. The maximum Gasteiger partial charge on any atom is 0.323 e. The smallest absolute Gasteiger partial charge is 0.323 e. The van der Waals surface area contributed by atoms with Crippen LogP contribution in [-0.2, 0) is 0 Å². The summed E-state index contributed by atoms with van der Waals surface area (Å²) in [5.41, 5.74) is 2.91. The maximum absolute atomic E-state index is 12.4. The number of benzene rings is 2. The van der Waals surface area contributed by atoms with Crippen LogP contribution in [0.1, 0.15) is 6.42 Å². The van der Waals surface area contributed by atoms with Gasteiger partial charge in [0.15, 0.2) is 11.5 Å². The molecule has 2 amide bonds. The number of hydrogen-bond acceptors (Lipinski definition) is 4. The van der Waals surface area contributed by atoms with Crippen LogP contribution in [0.4, 0.5) is 16.2 Å². The highest BCUT2D eigenvalue weighted by molar-refractivity contribution is 6.01. The van der Waals surface area contributed by atoms with Gasteiger partial charge in [-0.05, 0) is 12.1 Å². The number of rotatable bonds is 3. The lowest BCUT2D eigenvalue weighted by molar-refractivity contribution is 0.262. The van der Waals surface area contributed by atoms with Gasteiger partial charge in [0.05, 0.1) is 30.8 Å². The van der Waals surface area contributed by atoms with E-state index >= 15 is 0 Å². The second-order valence-electron chi connectivity index (χ2n) is 5.82. The quantitative estimate of drug-likeness (QED) is 0.669. The van der Waals surface area contributed by atoms with Crippen LogP contribution in [0.5, 0.6) is 11.5 Å². The van der Waals surface area contributed by atoms with E-state index in [1.54, 1.807) is 24.4 Å². The normalized spacial score (nSPS) is 12.9. The number of aromatic amines is 1. The van der Waals surface area contributed by atoms with Crippen molar-refractivity contribution in [2.75, 3.05) is 23.8 Å². The van der Waals surface area contributed by atoms with Gasteiger partial charge in [0.1, 0.15) is 0 Å². The monoisotopic (exact) mass is 350 g/mol. The van der Waals surface area contributed by atoms with Crippen molar-refractivity contribution in [2.24, 2.45) is 0 Å². The van der Waals surface area contributed by atoms with E-state index in [1.165, 1.54) is 0 Å². The van der Waals surface area contributed by atoms with Crippen molar-refractivity contribution in [1.29, 1.82) is 0 Å². The molecule has 1 aliphatic heterocycles. The van der Waals surface area contributed by atoms with Crippen LogP contribution in [0.15, 0.2) is 54.7 Å². The van der Waals surface area contributed by atoms with Gasteiger partial charge >= 0.3 is 6.03 Å². The predicted molar refractivity (Wildman–Crippen MR) is 98.7 cm³/mol. The number of amides is 2.